The fourth-order valence-corrected chi connectivity index (χ4v) is 3.00. The maximum absolute atomic E-state index is 4.79. The molecule has 0 saturated carbocycles. The monoisotopic (exact) mass is 363 g/mol. The second-order valence-corrected chi connectivity index (χ2v) is 6.85. The number of benzene rings is 1. The van der Waals surface area contributed by atoms with Crippen LogP contribution >= 0.6 is 0 Å². The first-order valence-electron chi connectivity index (χ1n) is 9.29. The Morgan fingerprint density at radius 1 is 0.571 bits per heavy atom. The summed E-state index contributed by atoms with van der Waals surface area (Å²) < 4.78 is 0. The van der Waals surface area contributed by atoms with Gasteiger partial charge in [-0.3, -0.25) is 9.97 Å². The Kier molecular flexibility index (Phi) is 5.07. The largest absolute Gasteiger partial charge is 0.255 e. The zero-order valence-corrected chi connectivity index (χ0v) is 16.0. The molecule has 3 nitrogen and oxygen atoms in total. The number of aromatic nitrogens is 3. The molecule has 136 valence electrons. The first-order valence-corrected chi connectivity index (χ1v) is 9.29. The summed E-state index contributed by atoms with van der Waals surface area (Å²) in [5, 5.41) is 0. The fourth-order valence-electron chi connectivity index (χ4n) is 3.00. The smallest absolute Gasteiger partial charge is 0.0897 e. The molecule has 4 rings (SSSR count). The molecule has 0 N–H and O–H groups in total. The highest BCUT2D eigenvalue weighted by molar-refractivity contribution is 5.72. The Hall–Kier alpha value is -3.59. The van der Waals surface area contributed by atoms with E-state index in [1.54, 1.807) is 6.20 Å². The van der Waals surface area contributed by atoms with Crippen molar-refractivity contribution >= 4 is 12.2 Å². The molecule has 0 saturated heterocycles. The summed E-state index contributed by atoms with van der Waals surface area (Å²) in [7, 11) is 0. The maximum atomic E-state index is 4.79. The Morgan fingerprint density at radius 2 is 1.29 bits per heavy atom. The van der Waals surface area contributed by atoms with E-state index in [1.807, 2.05) is 36.5 Å². The molecule has 4 aromatic rings. The van der Waals surface area contributed by atoms with Gasteiger partial charge < -0.3 is 0 Å². The van der Waals surface area contributed by atoms with Crippen LogP contribution < -0.4 is 0 Å². The van der Waals surface area contributed by atoms with E-state index in [1.165, 1.54) is 11.1 Å². The quantitative estimate of drug-likeness (QED) is 0.447. The number of hydrogen-bond acceptors (Lipinski definition) is 3. The van der Waals surface area contributed by atoms with Crippen LogP contribution in [0.2, 0.25) is 0 Å². The minimum absolute atomic E-state index is 0.853. The summed E-state index contributed by atoms with van der Waals surface area (Å²) in [6, 6.07) is 22.5. The third-order valence-corrected chi connectivity index (χ3v) is 4.49. The van der Waals surface area contributed by atoms with Crippen LogP contribution in [0.15, 0.2) is 79.1 Å². The highest BCUT2D eigenvalue weighted by atomic mass is 14.8. The molecule has 1 aromatic carbocycles. The van der Waals surface area contributed by atoms with Crippen molar-refractivity contribution in [2.75, 3.05) is 0 Å². The summed E-state index contributed by atoms with van der Waals surface area (Å²) in [5.74, 6) is 0. The van der Waals surface area contributed by atoms with E-state index in [9.17, 15) is 0 Å². The van der Waals surface area contributed by atoms with Gasteiger partial charge in [-0.05, 0) is 66.9 Å². The molecule has 3 heterocycles. The third kappa shape index (κ3) is 4.21. The van der Waals surface area contributed by atoms with Gasteiger partial charge in [0.25, 0.3) is 0 Å². The van der Waals surface area contributed by atoms with Gasteiger partial charge in [-0.1, -0.05) is 48.0 Å². The standard InChI is InChI=1S/C25H21N3/c1-18-6-8-20(9-7-18)10-11-21-12-14-27-23(17-21)25-16-19(2)15-24(28-25)22-5-3-4-13-26-22/h3-17H,1-2H3/b11-10+. The average Bonchev–Trinajstić information content (AvgIpc) is 2.74. The van der Waals surface area contributed by atoms with E-state index < -0.39 is 0 Å². The Bertz CT molecular complexity index is 1110. The van der Waals surface area contributed by atoms with Gasteiger partial charge in [0.2, 0.25) is 0 Å². The van der Waals surface area contributed by atoms with Gasteiger partial charge >= 0.3 is 0 Å². The number of pyridine rings is 3. The van der Waals surface area contributed by atoms with Crippen molar-refractivity contribution in [1.82, 2.24) is 15.0 Å². The molecule has 0 radical (unpaired) electrons. The zero-order valence-electron chi connectivity index (χ0n) is 16.0. The van der Waals surface area contributed by atoms with E-state index in [-0.39, 0.29) is 0 Å². The van der Waals surface area contributed by atoms with Gasteiger partial charge in [0, 0.05) is 12.4 Å². The van der Waals surface area contributed by atoms with E-state index >= 15 is 0 Å². The second kappa shape index (κ2) is 7.97. The summed E-state index contributed by atoms with van der Waals surface area (Å²) in [6.45, 7) is 4.16. The van der Waals surface area contributed by atoms with Crippen LogP contribution in [-0.2, 0) is 0 Å². The van der Waals surface area contributed by atoms with Crippen LogP contribution in [0.3, 0.4) is 0 Å². The van der Waals surface area contributed by atoms with Crippen molar-refractivity contribution in [1.29, 1.82) is 0 Å². The van der Waals surface area contributed by atoms with E-state index in [4.69, 9.17) is 4.98 Å². The first-order chi connectivity index (χ1) is 13.7. The van der Waals surface area contributed by atoms with Gasteiger partial charge in [-0.15, -0.1) is 0 Å². The van der Waals surface area contributed by atoms with Crippen molar-refractivity contribution in [2.45, 2.75) is 13.8 Å². The van der Waals surface area contributed by atoms with Gasteiger partial charge in [-0.25, -0.2) is 4.98 Å². The normalized spacial score (nSPS) is 11.1. The molecule has 0 amide bonds. The lowest BCUT2D eigenvalue weighted by Crippen LogP contribution is -1.94. The molecule has 0 aliphatic rings. The van der Waals surface area contributed by atoms with Crippen molar-refractivity contribution in [2.24, 2.45) is 0 Å². The molecule has 0 fully saturated rings. The number of hydrogen-bond donors (Lipinski definition) is 0. The molecule has 0 aliphatic carbocycles. The van der Waals surface area contributed by atoms with Crippen LogP contribution in [0.5, 0.6) is 0 Å². The molecule has 0 bridgehead atoms. The summed E-state index contributed by atoms with van der Waals surface area (Å²) >= 11 is 0. The average molecular weight is 363 g/mol. The van der Waals surface area contributed by atoms with Crippen molar-refractivity contribution in [3.8, 4) is 22.8 Å². The van der Waals surface area contributed by atoms with Crippen LogP contribution in [-0.4, -0.2) is 15.0 Å². The predicted octanol–water partition coefficient (Wildman–Crippen LogP) is 5.99. The van der Waals surface area contributed by atoms with Crippen LogP contribution in [0.25, 0.3) is 34.9 Å². The lowest BCUT2D eigenvalue weighted by Gasteiger charge is -2.07. The Balaban J connectivity index is 1.66. The van der Waals surface area contributed by atoms with Crippen LogP contribution in [0, 0.1) is 13.8 Å². The van der Waals surface area contributed by atoms with Gasteiger partial charge in [-0.2, -0.15) is 0 Å². The Morgan fingerprint density at radius 3 is 2.04 bits per heavy atom. The van der Waals surface area contributed by atoms with Gasteiger partial charge in [0.05, 0.1) is 22.8 Å². The van der Waals surface area contributed by atoms with E-state index in [0.29, 0.717) is 0 Å². The van der Waals surface area contributed by atoms with Crippen molar-refractivity contribution < 1.29 is 0 Å². The van der Waals surface area contributed by atoms with E-state index in [0.717, 1.165) is 33.9 Å². The first kappa shape index (κ1) is 17.8. The van der Waals surface area contributed by atoms with E-state index in [2.05, 4.69) is 72.4 Å². The molecule has 0 spiro atoms. The molecule has 0 aliphatic heterocycles. The lowest BCUT2D eigenvalue weighted by molar-refractivity contribution is 1.20. The molecule has 28 heavy (non-hydrogen) atoms. The Labute approximate surface area is 165 Å². The number of aryl methyl sites for hydroxylation is 2. The summed E-state index contributed by atoms with van der Waals surface area (Å²) in [5.41, 5.74) is 8.09. The molecule has 0 atom stereocenters. The lowest BCUT2D eigenvalue weighted by atomic mass is 10.1. The zero-order chi connectivity index (χ0) is 19.3. The van der Waals surface area contributed by atoms with Crippen LogP contribution in [0.1, 0.15) is 22.3 Å². The molecule has 3 heteroatoms. The third-order valence-electron chi connectivity index (χ3n) is 4.49. The summed E-state index contributed by atoms with van der Waals surface area (Å²) in [6.07, 6.45) is 7.83. The minimum atomic E-state index is 0.853. The molecular weight excluding hydrogens is 342 g/mol. The minimum Gasteiger partial charge on any atom is -0.255 e. The maximum Gasteiger partial charge on any atom is 0.0897 e. The second-order valence-electron chi connectivity index (χ2n) is 6.85. The SMILES string of the molecule is Cc1ccc(/C=C/c2ccnc(-c3cc(C)cc(-c4ccccn4)n3)c2)cc1. The highest BCUT2D eigenvalue weighted by Crippen LogP contribution is 2.23. The van der Waals surface area contributed by atoms with Gasteiger partial charge in [0.1, 0.15) is 0 Å². The number of rotatable bonds is 4. The van der Waals surface area contributed by atoms with Gasteiger partial charge in [0.15, 0.2) is 0 Å². The van der Waals surface area contributed by atoms with Crippen molar-refractivity contribution in [3.05, 3.63) is 101 Å². The number of nitrogens with zero attached hydrogens (tertiary/aromatic N) is 3. The molecule has 3 aromatic heterocycles. The topological polar surface area (TPSA) is 38.7 Å². The fraction of sp³-hybridized carbons (Fsp3) is 0.0800. The molecule has 0 unspecified atom stereocenters. The van der Waals surface area contributed by atoms with Crippen molar-refractivity contribution in [3.63, 3.8) is 0 Å². The molecular formula is C25H21N3. The van der Waals surface area contributed by atoms with Crippen LogP contribution in [0.4, 0.5) is 0 Å². The summed E-state index contributed by atoms with van der Waals surface area (Å²) in [4.78, 5) is 13.7. The highest BCUT2D eigenvalue weighted by Gasteiger charge is 2.07. The predicted molar refractivity (Wildman–Crippen MR) is 116 cm³/mol.